The largest absolute Gasteiger partial charge is 0.331 e. The monoisotopic (exact) mass is 391 g/mol. The highest BCUT2D eigenvalue weighted by atomic mass is 16.7. The zero-order chi connectivity index (χ0) is 21.2. The van der Waals surface area contributed by atoms with E-state index in [-0.39, 0.29) is 16.9 Å². The highest BCUT2D eigenvalue weighted by Crippen LogP contribution is 2.54. The molecule has 3 rings (SSSR count). The van der Waals surface area contributed by atoms with Gasteiger partial charge in [0.1, 0.15) is 5.71 Å². The molecule has 1 aliphatic carbocycles. The van der Waals surface area contributed by atoms with Crippen LogP contribution in [-0.2, 0) is 15.0 Å². The molecule has 0 saturated heterocycles. The SMILES string of the molecule is CCCC1(CCC)c2cc(C)ccc2-c2ccc(C(=O)/C(C)=N/OC(C)=O)cc21. The number of aryl methyl sites for hydroxylation is 1. The fourth-order valence-corrected chi connectivity index (χ4v) is 4.65. The van der Waals surface area contributed by atoms with Crippen molar-refractivity contribution in [2.24, 2.45) is 5.16 Å². The maximum absolute atomic E-state index is 12.9. The van der Waals surface area contributed by atoms with Gasteiger partial charge in [-0.25, -0.2) is 4.79 Å². The van der Waals surface area contributed by atoms with Crippen LogP contribution in [0.15, 0.2) is 41.6 Å². The lowest BCUT2D eigenvalue weighted by molar-refractivity contribution is -0.140. The van der Waals surface area contributed by atoms with Gasteiger partial charge in [0.15, 0.2) is 0 Å². The number of Topliss-reactive ketones (excluding diaryl/α,β-unsaturated/α-hetero) is 1. The summed E-state index contributed by atoms with van der Waals surface area (Å²) in [7, 11) is 0. The minimum absolute atomic E-state index is 0.0720. The Morgan fingerprint density at radius 1 is 0.931 bits per heavy atom. The van der Waals surface area contributed by atoms with Gasteiger partial charge in [0.2, 0.25) is 5.78 Å². The zero-order valence-corrected chi connectivity index (χ0v) is 18.0. The van der Waals surface area contributed by atoms with Crippen LogP contribution in [0.2, 0.25) is 0 Å². The van der Waals surface area contributed by atoms with Crippen LogP contribution in [-0.4, -0.2) is 17.5 Å². The third kappa shape index (κ3) is 3.76. The number of hydrogen-bond acceptors (Lipinski definition) is 4. The van der Waals surface area contributed by atoms with Crippen LogP contribution in [0.3, 0.4) is 0 Å². The molecule has 0 radical (unpaired) electrons. The van der Waals surface area contributed by atoms with E-state index >= 15 is 0 Å². The molecule has 0 aliphatic heterocycles. The molecule has 0 unspecified atom stereocenters. The summed E-state index contributed by atoms with van der Waals surface area (Å²) in [4.78, 5) is 28.5. The summed E-state index contributed by atoms with van der Waals surface area (Å²) in [6.45, 7) is 9.41. The molecule has 0 saturated carbocycles. The molecule has 0 N–H and O–H groups in total. The van der Waals surface area contributed by atoms with Crippen LogP contribution >= 0.6 is 0 Å². The van der Waals surface area contributed by atoms with Crippen LogP contribution < -0.4 is 0 Å². The number of fused-ring (bicyclic) bond motifs is 3. The molecule has 152 valence electrons. The normalized spacial score (nSPS) is 14.3. The van der Waals surface area contributed by atoms with E-state index < -0.39 is 5.97 Å². The van der Waals surface area contributed by atoms with E-state index in [9.17, 15) is 9.59 Å². The summed E-state index contributed by atoms with van der Waals surface area (Å²) in [5, 5.41) is 3.67. The van der Waals surface area contributed by atoms with E-state index in [0.717, 1.165) is 25.7 Å². The minimum Gasteiger partial charge on any atom is -0.318 e. The molecule has 0 fully saturated rings. The van der Waals surface area contributed by atoms with Crippen molar-refractivity contribution in [1.29, 1.82) is 0 Å². The molecule has 2 aromatic carbocycles. The first-order valence-corrected chi connectivity index (χ1v) is 10.4. The lowest BCUT2D eigenvalue weighted by atomic mass is 9.71. The molecular formula is C25H29NO3. The molecule has 4 heteroatoms. The van der Waals surface area contributed by atoms with E-state index in [2.05, 4.69) is 55.0 Å². The number of carbonyl (C=O) groups is 2. The molecule has 0 amide bonds. The van der Waals surface area contributed by atoms with Gasteiger partial charge in [0.05, 0.1) is 0 Å². The van der Waals surface area contributed by atoms with E-state index in [4.69, 9.17) is 0 Å². The fourth-order valence-electron chi connectivity index (χ4n) is 4.65. The number of nitrogens with zero attached hydrogens (tertiary/aromatic N) is 1. The van der Waals surface area contributed by atoms with Crippen molar-refractivity contribution in [3.63, 3.8) is 0 Å². The Hall–Kier alpha value is -2.75. The first-order chi connectivity index (χ1) is 13.8. The lowest BCUT2D eigenvalue weighted by Crippen LogP contribution is -2.25. The summed E-state index contributed by atoms with van der Waals surface area (Å²) in [5.41, 5.74) is 7.04. The van der Waals surface area contributed by atoms with Gasteiger partial charge in [-0.3, -0.25) is 4.79 Å². The smallest absolute Gasteiger partial charge is 0.318 e. The van der Waals surface area contributed by atoms with Crippen molar-refractivity contribution in [1.82, 2.24) is 0 Å². The predicted molar refractivity (Wildman–Crippen MR) is 116 cm³/mol. The summed E-state index contributed by atoms with van der Waals surface area (Å²) >= 11 is 0. The topological polar surface area (TPSA) is 55.7 Å². The molecule has 0 aromatic heterocycles. The number of hydrogen-bond donors (Lipinski definition) is 0. The molecule has 1 aliphatic rings. The van der Waals surface area contributed by atoms with Crippen LogP contribution in [0, 0.1) is 6.92 Å². The van der Waals surface area contributed by atoms with Gasteiger partial charge in [0.25, 0.3) is 0 Å². The second-order valence-electron chi connectivity index (χ2n) is 7.98. The molecule has 29 heavy (non-hydrogen) atoms. The Bertz CT molecular complexity index is 982. The summed E-state index contributed by atoms with van der Waals surface area (Å²) in [6, 6.07) is 12.6. The lowest BCUT2D eigenvalue weighted by Gasteiger charge is -2.32. The van der Waals surface area contributed by atoms with E-state index in [1.54, 1.807) is 6.92 Å². The number of rotatable bonds is 7. The molecule has 0 bridgehead atoms. The maximum Gasteiger partial charge on any atom is 0.331 e. The molecular weight excluding hydrogens is 362 g/mol. The fraction of sp³-hybridized carbons (Fsp3) is 0.400. The first-order valence-electron chi connectivity index (χ1n) is 10.4. The van der Waals surface area contributed by atoms with Crippen molar-refractivity contribution in [3.8, 4) is 11.1 Å². The van der Waals surface area contributed by atoms with Crippen LogP contribution in [0.1, 0.15) is 80.4 Å². The summed E-state index contributed by atoms with van der Waals surface area (Å²) < 4.78 is 0. The second kappa shape index (κ2) is 8.32. The van der Waals surface area contributed by atoms with Crippen LogP contribution in [0.5, 0.6) is 0 Å². The Morgan fingerprint density at radius 3 is 2.10 bits per heavy atom. The molecule has 4 nitrogen and oxygen atoms in total. The molecule has 0 heterocycles. The minimum atomic E-state index is -0.540. The molecule has 0 spiro atoms. The van der Waals surface area contributed by atoms with Gasteiger partial charge in [-0.1, -0.05) is 67.7 Å². The first kappa shape index (κ1) is 21.0. The molecule has 2 aromatic rings. The van der Waals surface area contributed by atoms with Gasteiger partial charge in [-0.15, -0.1) is 0 Å². The Kier molecular flexibility index (Phi) is 6.02. The molecule has 0 atom stereocenters. The third-order valence-corrected chi connectivity index (χ3v) is 5.77. The van der Waals surface area contributed by atoms with Crippen LogP contribution in [0.4, 0.5) is 0 Å². The van der Waals surface area contributed by atoms with Crippen molar-refractivity contribution in [3.05, 3.63) is 58.7 Å². The van der Waals surface area contributed by atoms with Crippen molar-refractivity contribution in [2.45, 2.75) is 65.7 Å². The summed E-state index contributed by atoms with van der Waals surface area (Å²) in [6.07, 6.45) is 4.22. The van der Waals surface area contributed by atoms with Gasteiger partial charge in [0, 0.05) is 17.9 Å². The standard InChI is InChI=1S/C25H29NO3/c1-6-12-25(13-7-2)22-14-16(3)8-10-20(22)21-11-9-19(15-23(21)25)24(28)17(4)26-29-18(5)27/h8-11,14-15H,6-7,12-13H2,1-5H3/b26-17+. The van der Waals surface area contributed by atoms with E-state index in [0.29, 0.717) is 5.56 Å². The predicted octanol–water partition coefficient (Wildman–Crippen LogP) is 5.98. The average molecular weight is 392 g/mol. The van der Waals surface area contributed by atoms with Crippen molar-refractivity contribution in [2.75, 3.05) is 0 Å². The van der Waals surface area contributed by atoms with Crippen LogP contribution in [0.25, 0.3) is 11.1 Å². The maximum atomic E-state index is 12.9. The van der Waals surface area contributed by atoms with Gasteiger partial charge in [-0.05, 0) is 55.0 Å². The quantitative estimate of drug-likeness (QED) is 0.252. The Balaban J connectivity index is 2.14. The Morgan fingerprint density at radius 2 is 1.52 bits per heavy atom. The number of oxime groups is 1. The van der Waals surface area contributed by atoms with Gasteiger partial charge in [-0.2, -0.15) is 0 Å². The zero-order valence-electron chi connectivity index (χ0n) is 18.0. The van der Waals surface area contributed by atoms with Gasteiger partial charge < -0.3 is 4.84 Å². The Labute approximate surface area is 173 Å². The summed E-state index contributed by atoms with van der Waals surface area (Å²) in [5.74, 6) is -0.759. The highest BCUT2D eigenvalue weighted by Gasteiger charge is 2.42. The van der Waals surface area contributed by atoms with Gasteiger partial charge >= 0.3 is 5.97 Å². The highest BCUT2D eigenvalue weighted by molar-refractivity contribution is 6.45. The number of benzene rings is 2. The third-order valence-electron chi connectivity index (χ3n) is 5.77. The van der Waals surface area contributed by atoms with Crippen molar-refractivity contribution >= 4 is 17.5 Å². The van der Waals surface area contributed by atoms with Crippen molar-refractivity contribution < 1.29 is 14.4 Å². The van der Waals surface area contributed by atoms with E-state index in [1.807, 2.05) is 12.1 Å². The second-order valence-corrected chi connectivity index (χ2v) is 7.98. The number of carbonyl (C=O) groups excluding carboxylic acids is 2. The average Bonchev–Trinajstić information content (AvgIpc) is 2.95. The van der Waals surface area contributed by atoms with E-state index in [1.165, 1.54) is 34.7 Å². The number of ketones is 1.